The van der Waals surface area contributed by atoms with E-state index in [0.717, 1.165) is 0 Å². The first-order valence-electron chi connectivity index (χ1n) is 6.47. The summed E-state index contributed by atoms with van der Waals surface area (Å²) < 4.78 is 10.6. The van der Waals surface area contributed by atoms with Gasteiger partial charge in [0.05, 0.1) is 24.6 Å². The highest BCUT2D eigenvalue weighted by atomic mass is 16.5. The van der Waals surface area contributed by atoms with E-state index >= 15 is 0 Å². The molecule has 2 rings (SSSR count). The lowest BCUT2D eigenvalue weighted by molar-refractivity contribution is 0.102. The summed E-state index contributed by atoms with van der Waals surface area (Å²) in [5.74, 6) is 0.692. The molecule has 6 heteroatoms. The van der Waals surface area contributed by atoms with Gasteiger partial charge in [0.15, 0.2) is 0 Å². The maximum Gasteiger partial charge on any atom is 0.259 e. The Kier molecular flexibility index (Phi) is 5.11. The van der Waals surface area contributed by atoms with E-state index < -0.39 is 0 Å². The molecule has 0 saturated carbocycles. The van der Waals surface area contributed by atoms with Crippen LogP contribution in [0.2, 0.25) is 0 Å². The molecule has 0 bridgehead atoms. The van der Waals surface area contributed by atoms with E-state index in [1.54, 1.807) is 18.2 Å². The van der Waals surface area contributed by atoms with E-state index in [4.69, 9.17) is 15.2 Å². The number of para-hydroxylation sites is 2. The largest absolute Gasteiger partial charge is 0.494 e. The maximum atomic E-state index is 12.3. The first-order valence-corrected chi connectivity index (χ1v) is 6.47. The number of ether oxygens (including phenoxy) is 2. The first kappa shape index (κ1) is 14.8. The van der Waals surface area contributed by atoms with Crippen molar-refractivity contribution >= 4 is 11.6 Å². The van der Waals surface area contributed by atoms with Crippen molar-refractivity contribution in [3.05, 3.63) is 48.3 Å². The molecule has 6 nitrogen and oxygen atoms in total. The van der Waals surface area contributed by atoms with Crippen LogP contribution in [0.25, 0.3) is 0 Å². The quantitative estimate of drug-likeness (QED) is 0.844. The average molecular weight is 287 g/mol. The molecule has 0 fully saturated rings. The number of benzene rings is 1. The second kappa shape index (κ2) is 7.25. The van der Waals surface area contributed by atoms with Gasteiger partial charge in [0.2, 0.25) is 0 Å². The van der Waals surface area contributed by atoms with Gasteiger partial charge in [-0.3, -0.25) is 9.78 Å². The Balaban J connectivity index is 2.19. The number of carbonyl (C=O) groups excluding carboxylic acids is 1. The summed E-state index contributed by atoms with van der Waals surface area (Å²) in [5.41, 5.74) is 6.40. The summed E-state index contributed by atoms with van der Waals surface area (Å²) in [7, 11) is 1.49. The molecule has 21 heavy (non-hydrogen) atoms. The number of rotatable bonds is 6. The SMILES string of the molecule is COc1cnccc1C(=O)Nc1ccccc1OCCN. The maximum absolute atomic E-state index is 12.3. The molecular formula is C15H17N3O3. The third kappa shape index (κ3) is 3.70. The van der Waals surface area contributed by atoms with Crippen molar-refractivity contribution < 1.29 is 14.3 Å². The van der Waals surface area contributed by atoms with Crippen LogP contribution < -0.4 is 20.5 Å². The number of nitrogens with zero attached hydrogens (tertiary/aromatic N) is 1. The zero-order chi connectivity index (χ0) is 15.1. The molecule has 0 atom stereocenters. The molecule has 1 amide bonds. The molecule has 0 radical (unpaired) electrons. The number of pyridine rings is 1. The smallest absolute Gasteiger partial charge is 0.259 e. The number of hydrogen-bond acceptors (Lipinski definition) is 5. The fourth-order valence-electron chi connectivity index (χ4n) is 1.78. The summed E-state index contributed by atoms with van der Waals surface area (Å²) in [6.07, 6.45) is 3.03. The molecule has 0 spiro atoms. The third-order valence-corrected chi connectivity index (χ3v) is 2.76. The van der Waals surface area contributed by atoms with E-state index in [1.165, 1.54) is 19.5 Å². The molecule has 0 aliphatic heterocycles. The Hall–Kier alpha value is -2.60. The topological polar surface area (TPSA) is 86.5 Å². The van der Waals surface area contributed by atoms with E-state index in [-0.39, 0.29) is 5.91 Å². The number of carbonyl (C=O) groups is 1. The van der Waals surface area contributed by atoms with Gasteiger partial charge in [-0.25, -0.2) is 0 Å². The molecule has 0 aliphatic carbocycles. The average Bonchev–Trinajstić information content (AvgIpc) is 2.54. The van der Waals surface area contributed by atoms with Crippen molar-refractivity contribution in [2.45, 2.75) is 0 Å². The Morgan fingerprint density at radius 1 is 1.29 bits per heavy atom. The van der Waals surface area contributed by atoms with Crippen LogP contribution in [0.1, 0.15) is 10.4 Å². The number of hydrogen-bond donors (Lipinski definition) is 2. The molecule has 1 aromatic carbocycles. The second-order valence-corrected chi connectivity index (χ2v) is 4.16. The highest BCUT2D eigenvalue weighted by Crippen LogP contribution is 2.25. The summed E-state index contributed by atoms with van der Waals surface area (Å²) in [4.78, 5) is 16.2. The number of methoxy groups -OCH3 is 1. The van der Waals surface area contributed by atoms with Gasteiger partial charge in [0.1, 0.15) is 18.1 Å². The zero-order valence-corrected chi connectivity index (χ0v) is 11.7. The van der Waals surface area contributed by atoms with Crippen molar-refractivity contribution in [3.8, 4) is 11.5 Å². The number of anilines is 1. The van der Waals surface area contributed by atoms with Gasteiger partial charge in [-0.15, -0.1) is 0 Å². The second-order valence-electron chi connectivity index (χ2n) is 4.16. The fraction of sp³-hybridized carbons (Fsp3) is 0.200. The van der Waals surface area contributed by atoms with Crippen LogP contribution in [-0.2, 0) is 0 Å². The van der Waals surface area contributed by atoms with E-state index in [9.17, 15) is 4.79 Å². The zero-order valence-electron chi connectivity index (χ0n) is 11.7. The van der Waals surface area contributed by atoms with Gasteiger partial charge < -0.3 is 20.5 Å². The van der Waals surface area contributed by atoms with Gasteiger partial charge in [-0.1, -0.05) is 12.1 Å². The molecule has 110 valence electrons. The summed E-state index contributed by atoms with van der Waals surface area (Å²) in [5, 5.41) is 2.80. The minimum atomic E-state index is -0.293. The number of amides is 1. The van der Waals surface area contributed by atoms with Crippen molar-refractivity contribution in [2.75, 3.05) is 25.6 Å². The Bertz CT molecular complexity index is 617. The van der Waals surface area contributed by atoms with Crippen LogP contribution in [0.5, 0.6) is 11.5 Å². The van der Waals surface area contributed by atoms with Crippen molar-refractivity contribution in [1.29, 1.82) is 0 Å². The van der Waals surface area contributed by atoms with Crippen molar-refractivity contribution in [1.82, 2.24) is 4.98 Å². The highest BCUT2D eigenvalue weighted by Gasteiger charge is 2.14. The summed E-state index contributed by atoms with van der Waals surface area (Å²) in [6, 6.07) is 8.77. The van der Waals surface area contributed by atoms with Gasteiger partial charge in [0, 0.05) is 12.7 Å². The van der Waals surface area contributed by atoms with Gasteiger partial charge in [-0.05, 0) is 18.2 Å². The molecular weight excluding hydrogens is 270 g/mol. The number of nitrogens with one attached hydrogen (secondary N) is 1. The predicted molar refractivity (Wildman–Crippen MR) is 79.7 cm³/mol. The van der Waals surface area contributed by atoms with Crippen LogP contribution in [-0.4, -0.2) is 31.2 Å². The third-order valence-electron chi connectivity index (χ3n) is 2.76. The minimum absolute atomic E-state index is 0.293. The standard InChI is InChI=1S/C15H17N3O3/c1-20-14-10-17-8-6-11(14)15(19)18-12-4-2-3-5-13(12)21-9-7-16/h2-6,8,10H,7,9,16H2,1H3,(H,18,19). The number of aromatic nitrogens is 1. The van der Waals surface area contributed by atoms with Crippen LogP contribution in [0.3, 0.4) is 0 Å². The lowest BCUT2D eigenvalue weighted by Crippen LogP contribution is -2.15. The fourth-order valence-corrected chi connectivity index (χ4v) is 1.78. The van der Waals surface area contributed by atoms with Gasteiger partial charge in [-0.2, -0.15) is 0 Å². The van der Waals surface area contributed by atoms with Gasteiger partial charge in [0.25, 0.3) is 5.91 Å². The van der Waals surface area contributed by atoms with Gasteiger partial charge >= 0.3 is 0 Å². The monoisotopic (exact) mass is 287 g/mol. The molecule has 0 aliphatic rings. The molecule has 1 aromatic heterocycles. The summed E-state index contributed by atoms with van der Waals surface area (Å²) in [6.45, 7) is 0.784. The predicted octanol–water partition coefficient (Wildman–Crippen LogP) is 1.68. The lowest BCUT2D eigenvalue weighted by Gasteiger charge is -2.13. The Labute approximate surface area is 122 Å². The first-order chi connectivity index (χ1) is 10.3. The Morgan fingerprint density at radius 3 is 2.86 bits per heavy atom. The minimum Gasteiger partial charge on any atom is -0.494 e. The molecule has 2 aromatic rings. The number of nitrogens with two attached hydrogens (primary N) is 1. The van der Waals surface area contributed by atoms with E-state index in [1.807, 2.05) is 12.1 Å². The molecule has 3 N–H and O–H groups in total. The van der Waals surface area contributed by atoms with Crippen molar-refractivity contribution in [3.63, 3.8) is 0 Å². The Morgan fingerprint density at radius 2 is 2.10 bits per heavy atom. The van der Waals surface area contributed by atoms with Crippen LogP contribution in [0.4, 0.5) is 5.69 Å². The highest BCUT2D eigenvalue weighted by molar-refractivity contribution is 6.06. The lowest BCUT2D eigenvalue weighted by atomic mass is 10.2. The molecule has 0 unspecified atom stereocenters. The van der Waals surface area contributed by atoms with E-state index in [0.29, 0.717) is 35.9 Å². The summed E-state index contributed by atoms with van der Waals surface area (Å²) >= 11 is 0. The van der Waals surface area contributed by atoms with Crippen LogP contribution >= 0.6 is 0 Å². The molecule has 0 saturated heterocycles. The normalized spacial score (nSPS) is 10.0. The van der Waals surface area contributed by atoms with Crippen LogP contribution in [0.15, 0.2) is 42.7 Å². The molecule has 1 heterocycles. The van der Waals surface area contributed by atoms with Crippen LogP contribution in [0, 0.1) is 0 Å². The van der Waals surface area contributed by atoms with E-state index in [2.05, 4.69) is 10.3 Å². The van der Waals surface area contributed by atoms with Crippen molar-refractivity contribution in [2.24, 2.45) is 5.73 Å².